The van der Waals surface area contributed by atoms with E-state index < -0.39 is 11.9 Å². The molecule has 6 heteroatoms. The molecule has 0 aliphatic rings. The minimum absolute atomic E-state index is 0.542. The van der Waals surface area contributed by atoms with Crippen LogP contribution in [0.1, 0.15) is 5.69 Å². The van der Waals surface area contributed by atoms with Gasteiger partial charge in [-0.3, -0.25) is 4.98 Å². The zero-order valence-electron chi connectivity index (χ0n) is 7.44. The Morgan fingerprint density at radius 3 is 2.27 bits per heavy atom. The van der Waals surface area contributed by atoms with Gasteiger partial charge in [0.2, 0.25) is 0 Å². The lowest BCUT2D eigenvalue weighted by molar-refractivity contribution is -0.141. The van der Waals surface area contributed by atoms with Crippen LogP contribution in [0.25, 0.3) is 5.69 Å². The normalized spacial score (nSPS) is 11.7. The van der Waals surface area contributed by atoms with E-state index in [1.165, 1.54) is 18.6 Å². The van der Waals surface area contributed by atoms with Crippen LogP contribution in [-0.4, -0.2) is 14.8 Å². The van der Waals surface area contributed by atoms with Crippen LogP contribution < -0.4 is 0 Å². The maximum atomic E-state index is 12.2. The van der Waals surface area contributed by atoms with Crippen molar-refractivity contribution in [1.82, 2.24) is 14.8 Å². The number of nitrogens with zero attached hydrogens (tertiary/aromatic N) is 3. The predicted molar refractivity (Wildman–Crippen MR) is 46.4 cm³/mol. The van der Waals surface area contributed by atoms with Crippen molar-refractivity contribution in [3.05, 3.63) is 42.5 Å². The van der Waals surface area contributed by atoms with Crippen LogP contribution in [0.15, 0.2) is 36.8 Å². The van der Waals surface area contributed by atoms with Gasteiger partial charge < -0.3 is 0 Å². The number of rotatable bonds is 1. The number of pyridine rings is 1. The smallest absolute Gasteiger partial charge is 0.265 e. The molecule has 0 aromatic carbocycles. The van der Waals surface area contributed by atoms with Crippen molar-refractivity contribution in [2.45, 2.75) is 6.18 Å². The Bertz CT molecular complexity index is 447. The first-order chi connectivity index (χ1) is 7.07. The van der Waals surface area contributed by atoms with Gasteiger partial charge in [0.25, 0.3) is 0 Å². The molecule has 0 saturated carbocycles. The second-order valence-electron chi connectivity index (χ2n) is 2.85. The number of halogens is 3. The molecule has 0 fully saturated rings. The molecule has 0 N–H and O–H groups in total. The van der Waals surface area contributed by atoms with Crippen molar-refractivity contribution < 1.29 is 13.2 Å². The fourth-order valence-electron chi connectivity index (χ4n) is 1.12. The summed E-state index contributed by atoms with van der Waals surface area (Å²) in [7, 11) is 0. The molecule has 0 atom stereocenters. The maximum Gasteiger partial charge on any atom is 0.435 e. The van der Waals surface area contributed by atoms with Gasteiger partial charge >= 0.3 is 6.18 Å². The summed E-state index contributed by atoms with van der Waals surface area (Å²) < 4.78 is 37.8. The Hall–Kier alpha value is -1.85. The van der Waals surface area contributed by atoms with Crippen LogP contribution in [0.5, 0.6) is 0 Å². The monoisotopic (exact) mass is 213 g/mol. The number of alkyl halides is 3. The third kappa shape index (κ3) is 1.98. The lowest BCUT2D eigenvalue weighted by Gasteiger charge is -2.02. The quantitative estimate of drug-likeness (QED) is 0.727. The van der Waals surface area contributed by atoms with Gasteiger partial charge in [-0.25, -0.2) is 4.68 Å². The zero-order chi connectivity index (χ0) is 10.9. The summed E-state index contributed by atoms with van der Waals surface area (Å²) in [6.07, 6.45) is -0.162. The van der Waals surface area contributed by atoms with Crippen molar-refractivity contribution in [3.8, 4) is 5.69 Å². The molecule has 2 heterocycles. The highest BCUT2D eigenvalue weighted by atomic mass is 19.4. The highest BCUT2D eigenvalue weighted by Crippen LogP contribution is 2.27. The molecule has 2 aromatic heterocycles. The molecule has 0 amide bonds. The second kappa shape index (κ2) is 3.38. The Labute approximate surface area is 83.2 Å². The highest BCUT2D eigenvalue weighted by Gasteiger charge is 2.33. The van der Waals surface area contributed by atoms with Gasteiger partial charge in [-0.2, -0.15) is 18.3 Å². The standard InChI is InChI=1S/C9H6F3N3/c10-9(11,12)8-3-6-15(14-8)7-1-4-13-5-2-7/h1-6H. The van der Waals surface area contributed by atoms with E-state index in [1.807, 2.05) is 0 Å². The van der Waals surface area contributed by atoms with E-state index in [1.54, 1.807) is 12.1 Å². The molecule has 0 bridgehead atoms. The van der Waals surface area contributed by atoms with Gasteiger partial charge in [0, 0.05) is 18.6 Å². The van der Waals surface area contributed by atoms with Crippen LogP contribution in [0.3, 0.4) is 0 Å². The minimum Gasteiger partial charge on any atom is -0.265 e. The van der Waals surface area contributed by atoms with Crippen LogP contribution in [0.4, 0.5) is 13.2 Å². The summed E-state index contributed by atoms with van der Waals surface area (Å²) >= 11 is 0. The third-order valence-electron chi connectivity index (χ3n) is 1.81. The molecule has 0 spiro atoms. The number of hydrogen-bond acceptors (Lipinski definition) is 2. The van der Waals surface area contributed by atoms with Crippen molar-refractivity contribution in [2.24, 2.45) is 0 Å². The first-order valence-corrected chi connectivity index (χ1v) is 4.10. The third-order valence-corrected chi connectivity index (χ3v) is 1.81. The summed E-state index contributed by atoms with van der Waals surface area (Å²) in [4.78, 5) is 3.76. The average Bonchev–Trinajstić information content (AvgIpc) is 2.67. The molecule has 2 aromatic rings. The van der Waals surface area contributed by atoms with E-state index in [4.69, 9.17) is 0 Å². The predicted octanol–water partition coefficient (Wildman–Crippen LogP) is 2.29. The molecule has 0 unspecified atom stereocenters. The maximum absolute atomic E-state index is 12.2. The SMILES string of the molecule is FC(F)(F)c1ccn(-c2ccncc2)n1. The summed E-state index contributed by atoms with van der Waals surface area (Å²) in [5.41, 5.74) is -0.361. The van der Waals surface area contributed by atoms with E-state index in [0.29, 0.717) is 5.69 Å². The Balaban J connectivity index is 2.37. The van der Waals surface area contributed by atoms with Gasteiger partial charge in [0.15, 0.2) is 5.69 Å². The van der Waals surface area contributed by atoms with Gasteiger partial charge in [-0.1, -0.05) is 0 Å². The zero-order valence-corrected chi connectivity index (χ0v) is 7.44. The molecule has 2 rings (SSSR count). The van der Waals surface area contributed by atoms with Crippen LogP contribution in [0.2, 0.25) is 0 Å². The van der Waals surface area contributed by atoms with Crippen LogP contribution >= 0.6 is 0 Å². The first-order valence-electron chi connectivity index (χ1n) is 4.10. The molecule has 0 saturated heterocycles. The minimum atomic E-state index is -4.40. The molecule has 0 aliphatic carbocycles. The molecule has 15 heavy (non-hydrogen) atoms. The van der Waals surface area contributed by atoms with E-state index in [2.05, 4.69) is 10.1 Å². The van der Waals surface area contributed by atoms with Crippen molar-refractivity contribution in [3.63, 3.8) is 0 Å². The summed E-state index contributed by atoms with van der Waals surface area (Å²) in [5.74, 6) is 0. The highest BCUT2D eigenvalue weighted by molar-refractivity contribution is 5.28. The van der Waals surface area contributed by atoms with E-state index in [-0.39, 0.29) is 0 Å². The second-order valence-corrected chi connectivity index (χ2v) is 2.85. The van der Waals surface area contributed by atoms with Crippen molar-refractivity contribution in [2.75, 3.05) is 0 Å². The van der Waals surface area contributed by atoms with Gasteiger partial charge in [0.05, 0.1) is 5.69 Å². The topological polar surface area (TPSA) is 30.7 Å². The molecule has 0 aliphatic heterocycles. The van der Waals surface area contributed by atoms with Crippen LogP contribution in [0, 0.1) is 0 Å². The van der Waals surface area contributed by atoms with Crippen LogP contribution in [-0.2, 0) is 6.18 Å². The van der Waals surface area contributed by atoms with Crippen molar-refractivity contribution in [1.29, 1.82) is 0 Å². The van der Waals surface area contributed by atoms with E-state index in [9.17, 15) is 13.2 Å². The average molecular weight is 213 g/mol. The first kappa shape index (κ1) is 9.70. The summed E-state index contributed by atoms with van der Waals surface area (Å²) in [6.45, 7) is 0. The molecular formula is C9H6F3N3. The largest absolute Gasteiger partial charge is 0.435 e. The van der Waals surface area contributed by atoms with E-state index >= 15 is 0 Å². The molecular weight excluding hydrogens is 207 g/mol. The molecule has 78 valence electrons. The summed E-state index contributed by atoms with van der Waals surface area (Å²) in [6, 6.07) is 4.08. The van der Waals surface area contributed by atoms with Gasteiger partial charge in [-0.15, -0.1) is 0 Å². The lowest BCUT2D eigenvalue weighted by Crippen LogP contribution is -2.07. The van der Waals surface area contributed by atoms with Gasteiger partial charge in [0.1, 0.15) is 0 Å². The van der Waals surface area contributed by atoms with Gasteiger partial charge in [-0.05, 0) is 18.2 Å². The number of aromatic nitrogens is 3. The Morgan fingerprint density at radius 2 is 1.73 bits per heavy atom. The van der Waals surface area contributed by atoms with E-state index in [0.717, 1.165) is 10.7 Å². The Kier molecular flexibility index (Phi) is 2.18. The fourth-order valence-corrected chi connectivity index (χ4v) is 1.12. The molecule has 0 radical (unpaired) electrons. The Morgan fingerprint density at radius 1 is 1.07 bits per heavy atom. The summed E-state index contributed by atoms with van der Waals surface area (Å²) in [5, 5.41) is 3.42. The fraction of sp³-hybridized carbons (Fsp3) is 0.111. The lowest BCUT2D eigenvalue weighted by atomic mass is 10.4. The van der Waals surface area contributed by atoms with Crippen molar-refractivity contribution >= 4 is 0 Å². The number of hydrogen-bond donors (Lipinski definition) is 0. The molecule has 3 nitrogen and oxygen atoms in total.